The number of ether oxygens (including phenoxy) is 2. The topological polar surface area (TPSA) is 67.9 Å². The predicted octanol–water partition coefficient (Wildman–Crippen LogP) is 3.42. The highest BCUT2D eigenvalue weighted by molar-refractivity contribution is 6.31. The van der Waals surface area contributed by atoms with Crippen LogP contribution in [0.15, 0.2) is 18.2 Å². The first-order valence-electron chi connectivity index (χ1n) is 10.6. The van der Waals surface area contributed by atoms with Gasteiger partial charge in [0.25, 0.3) is 5.91 Å². The number of hydrogen-bond acceptors (Lipinski definition) is 4. The first-order chi connectivity index (χ1) is 14.0. The van der Waals surface area contributed by atoms with E-state index in [-0.39, 0.29) is 24.4 Å². The minimum Gasteiger partial charge on any atom is -0.484 e. The zero-order chi connectivity index (χ0) is 20.4. The van der Waals surface area contributed by atoms with Gasteiger partial charge in [-0.1, -0.05) is 31.4 Å². The van der Waals surface area contributed by atoms with Crippen LogP contribution < -0.4 is 10.1 Å². The number of carbonyl (C=O) groups is 2. The van der Waals surface area contributed by atoms with Crippen LogP contribution >= 0.6 is 11.6 Å². The molecule has 6 nitrogen and oxygen atoms in total. The smallest absolute Gasteiger partial charge is 0.258 e. The second-order valence-electron chi connectivity index (χ2n) is 8.63. The normalized spacial score (nSPS) is 26.4. The Morgan fingerprint density at radius 1 is 1.28 bits per heavy atom. The van der Waals surface area contributed by atoms with Crippen LogP contribution in [0, 0.1) is 5.92 Å². The molecule has 1 aromatic rings. The van der Waals surface area contributed by atoms with Gasteiger partial charge in [-0.25, -0.2) is 0 Å². The Kier molecular flexibility index (Phi) is 6.02. The average molecular weight is 421 g/mol. The molecule has 4 rings (SSSR count). The second-order valence-corrected chi connectivity index (χ2v) is 9.07. The van der Waals surface area contributed by atoms with Gasteiger partial charge in [0.2, 0.25) is 5.91 Å². The fourth-order valence-corrected chi connectivity index (χ4v) is 4.87. The summed E-state index contributed by atoms with van der Waals surface area (Å²) in [6.07, 6.45) is 5.86. The Labute approximate surface area is 176 Å². The first kappa shape index (κ1) is 20.5. The molecule has 7 heteroatoms. The monoisotopic (exact) mass is 420 g/mol. The molecule has 0 bridgehead atoms. The van der Waals surface area contributed by atoms with Gasteiger partial charge in [-0.05, 0) is 37.0 Å². The fourth-order valence-electron chi connectivity index (χ4n) is 4.70. The molecule has 2 atom stereocenters. The lowest BCUT2D eigenvalue weighted by molar-refractivity contribution is -0.124. The Bertz CT molecular complexity index is 778. The molecule has 2 aliphatic heterocycles. The SMILES string of the molecule is C[C@H]1CCCC[C@@H]1NC(=O)CN1CC2(CCOCC2)Oc2ccc(Cl)cc2C1=O. The summed E-state index contributed by atoms with van der Waals surface area (Å²) < 4.78 is 11.9. The summed E-state index contributed by atoms with van der Waals surface area (Å²) in [5, 5.41) is 3.64. The predicted molar refractivity (Wildman–Crippen MR) is 110 cm³/mol. The van der Waals surface area contributed by atoms with Crippen molar-refractivity contribution >= 4 is 23.4 Å². The molecule has 0 unspecified atom stereocenters. The minimum atomic E-state index is -0.536. The standard InChI is InChI=1S/C22H29ClN2O4/c1-15-4-2-3-5-18(15)24-20(26)13-25-14-22(8-10-28-11-9-22)29-19-7-6-16(23)12-17(19)21(25)27/h6-7,12,15,18H,2-5,8-11,13-14H2,1H3,(H,24,26)/t15-,18-/m0/s1. The van der Waals surface area contributed by atoms with Crippen molar-refractivity contribution in [1.29, 1.82) is 0 Å². The molecule has 2 amide bonds. The number of halogens is 1. The molecular weight excluding hydrogens is 392 g/mol. The van der Waals surface area contributed by atoms with Gasteiger partial charge in [0.1, 0.15) is 17.9 Å². The van der Waals surface area contributed by atoms with E-state index in [0.29, 0.717) is 54.9 Å². The first-order valence-corrected chi connectivity index (χ1v) is 11.0. The van der Waals surface area contributed by atoms with Gasteiger partial charge in [0, 0.05) is 23.9 Å². The van der Waals surface area contributed by atoms with Gasteiger partial charge in [-0.2, -0.15) is 0 Å². The molecule has 1 aliphatic carbocycles. The van der Waals surface area contributed by atoms with Crippen molar-refractivity contribution in [2.45, 2.75) is 57.1 Å². The van der Waals surface area contributed by atoms with Crippen molar-refractivity contribution in [1.82, 2.24) is 10.2 Å². The molecule has 2 heterocycles. The van der Waals surface area contributed by atoms with Gasteiger partial charge in [0.15, 0.2) is 0 Å². The number of hydrogen-bond donors (Lipinski definition) is 1. The number of nitrogens with one attached hydrogen (secondary N) is 1. The average Bonchev–Trinajstić information content (AvgIpc) is 2.80. The van der Waals surface area contributed by atoms with E-state index in [0.717, 1.165) is 19.3 Å². The van der Waals surface area contributed by atoms with Crippen LogP contribution in [-0.2, 0) is 9.53 Å². The zero-order valence-corrected chi connectivity index (χ0v) is 17.7. The third-order valence-electron chi connectivity index (χ3n) is 6.46. The molecule has 2 fully saturated rings. The summed E-state index contributed by atoms with van der Waals surface area (Å²) in [5.41, 5.74) is -0.120. The van der Waals surface area contributed by atoms with Gasteiger partial charge in [-0.3, -0.25) is 9.59 Å². The Morgan fingerprint density at radius 3 is 2.79 bits per heavy atom. The highest BCUT2D eigenvalue weighted by Gasteiger charge is 2.42. The van der Waals surface area contributed by atoms with Crippen molar-refractivity contribution in [2.24, 2.45) is 5.92 Å². The van der Waals surface area contributed by atoms with Crippen LogP contribution in [0.4, 0.5) is 0 Å². The highest BCUT2D eigenvalue weighted by atomic mass is 35.5. The van der Waals surface area contributed by atoms with E-state index in [2.05, 4.69) is 12.2 Å². The Hall–Kier alpha value is -1.79. The van der Waals surface area contributed by atoms with Crippen molar-refractivity contribution in [3.63, 3.8) is 0 Å². The van der Waals surface area contributed by atoms with Crippen LogP contribution in [0.3, 0.4) is 0 Å². The van der Waals surface area contributed by atoms with E-state index >= 15 is 0 Å². The fraction of sp³-hybridized carbons (Fsp3) is 0.636. The van der Waals surface area contributed by atoms with Gasteiger partial charge < -0.3 is 19.7 Å². The van der Waals surface area contributed by atoms with Crippen LogP contribution in [0.2, 0.25) is 5.02 Å². The van der Waals surface area contributed by atoms with E-state index < -0.39 is 5.60 Å². The molecule has 1 aromatic carbocycles. The quantitative estimate of drug-likeness (QED) is 0.813. The lowest BCUT2D eigenvalue weighted by Crippen LogP contribution is -2.53. The lowest BCUT2D eigenvalue weighted by atomic mass is 9.86. The second kappa shape index (κ2) is 8.52. The summed E-state index contributed by atoms with van der Waals surface area (Å²) >= 11 is 6.15. The molecule has 29 heavy (non-hydrogen) atoms. The molecule has 1 N–H and O–H groups in total. The summed E-state index contributed by atoms with van der Waals surface area (Å²) in [7, 11) is 0. The number of nitrogens with zero attached hydrogens (tertiary/aromatic N) is 1. The molecule has 0 aromatic heterocycles. The Morgan fingerprint density at radius 2 is 2.03 bits per heavy atom. The van der Waals surface area contributed by atoms with Gasteiger partial charge in [-0.15, -0.1) is 0 Å². The maximum Gasteiger partial charge on any atom is 0.258 e. The van der Waals surface area contributed by atoms with Crippen LogP contribution in [0.25, 0.3) is 0 Å². The van der Waals surface area contributed by atoms with Crippen LogP contribution in [-0.4, -0.2) is 54.7 Å². The van der Waals surface area contributed by atoms with Crippen molar-refractivity contribution in [2.75, 3.05) is 26.3 Å². The number of rotatable bonds is 3. The number of benzene rings is 1. The molecular formula is C22H29ClN2O4. The van der Waals surface area contributed by atoms with Gasteiger partial charge in [0.05, 0.1) is 25.3 Å². The van der Waals surface area contributed by atoms with Crippen LogP contribution in [0.5, 0.6) is 5.75 Å². The number of carbonyl (C=O) groups excluding carboxylic acids is 2. The summed E-state index contributed by atoms with van der Waals surface area (Å²) in [6, 6.07) is 5.30. The third-order valence-corrected chi connectivity index (χ3v) is 6.70. The molecule has 1 saturated heterocycles. The Balaban J connectivity index is 1.55. The molecule has 1 spiro atoms. The third kappa shape index (κ3) is 4.53. The lowest BCUT2D eigenvalue weighted by Gasteiger charge is -2.39. The molecule has 3 aliphatic rings. The molecule has 1 saturated carbocycles. The van der Waals surface area contributed by atoms with E-state index in [4.69, 9.17) is 21.1 Å². The highest BCUT2D eigenvalue weighted by Crippen LogP contribution is 2.36. The largest absolute Gasteiger partial charge is 0.484 e. The molecule has 0 radical (unpaired) electrons. The summed E-state index contributed by atoms with van der Waals surface area (Å²) in [5.74, 6) is 0.685. The van der Waals surface area contributed by atoms with Crippen molar-refractivity contribution in [3.8, 4) is 5.75 Å². The van der Waals surface area contributed by atoms with E-state index in [1.807, 2.05) is 0 Å². The number of fused-ring (bicyclic) bond motifs is 1. The minimum absolute atomic E-state index is 0.0278. The van der Waals surface area contributed by atoms with Crippen LogP contribution in [0.1, 0.15) is 55.8 Å². The maximum absolute atomic E-state index is 13.3. The zero-order valence-electron chi connectivity index (χ0n) is 16.9. The van der Waals surface area contributed by atoms with E-state index in [1.54, 1.807) is 23.1 Å². The summed E-state index contributed by atoms with van der Waals surface area (Å²) in [4.78, 5) is 27.7. The van der Waals surface area contributed by atoms with Gasteiger partial charge >= 0.3 is 0 Å². The summed E-state index contributed by atoms with van der Waals surface area (Å²) in [6.45, 7) is 3.74. The number of amides is 2. The molecule has 158 valence electrons. The van der Waals surface area contributed by atoms with Crippen molar-refractivity contribution in [3.05, 3.63) is 28.8 Å². The maximum atomic E-state index is 13.3. The van der Waals surface area contributed by atoms with Crippen molar-refractivity contribution < 1.29 is 19.1 Å². The van der Waals surface area contributed by atoms with E-state index in [1.165, 1.54) is 6.42 Å². The van der Waals surface area contributed by atoms with E-state index in [9.17, 15) is 9.59 Å².